The first-order valence-corrected chi connectivity index (χ1v) is 17.0. The SMILES string of the molecule is C1=CC(c2ccc(N(c3ccccc3)c3ccc4c5ccccc5n(-c5ccccc5)c4c3)cc2)Cc2c1ccc1oc3ccccc3c21. The number of aromatic nitrogens is 1. The number of benzene rings is 7. The van der Waals surface area contributed by atoms with Crippen LogP contribution >= 0.6 is 0 Å². The van der Waals surface area contributed by atoms with Crippen molar-refractivity contribution in [2.45, 2.75) is 12.3 Å². The van der Waals surface area contributed by atoms with E-state index in [0.29, 0.717) is 0 Å². The molecular weight excluding hydrogens is 597 g/mol. The van der Waals surface area contributed by atoms with Crippen LogP contribution in [0.5, 0.6) is 0 Å². The van der Waals surface area contributed by atoms with Crippen LogP contribution in [0.1, 0.15) is 22.6 Å². The molecule has 2 aromatic heterocycles. The molecule has 0 saturated carbocycles. The summed E-state index contributed by atoms with van der Waals surface area (Å²) in [4.78, 5) is 2.36. The third-order valence-corrected chi connectivity index (χ3v) is 10.1. The highest BCUT2D eigenvalue weighted by Gasteiger charge is 2.22. The highest BCUT2D eigenvalue weighted by atomic mass is 16.3. The highest BCUT2D eigenvalue weighted by molar-refractivity contribution is 6.10. The molecule has 1 unspecified atom stereocenters. The van der Waals surface area contributed by atoms with E-state index in [4.69, 9.17) is 4.42 Å². The molecule has 3 heteroatoms. The lowest BCUT2D eigenvalue weighted by molar-refractivity contribution is 0.668. The number of para-hydroxylation sites is 4. The number of hydrogen-bond donors (Lipinski definition) is 0. The molecule has 0 fully saturated rings. The van der Waals surface area contributed by atoms with Crippen LogP contribution in [0, 0.1) is 0 Å². The summed E-state index contributed by atoms with van der Waals surface area (Å²) in [5.74, 6) is 0.281. The predicted molar refractivity (Wildman–Crippen MR) is 205 cm³/mol. The van der Waals surface area contributed by atoms with Gasteiger partial charge in [0.05, 0.1) is 11.0 Å². The molecule has 0 radical (unpaired) electrons. The first kappa shape index (κ1) is 27.8. The summed E-state index contributed by atoms with van der Waals surface area (Å²) in [5, 5.41) is 4.94. The van der Waals surface area contributed by atoms with Crippen LogP contribution in [0.3, 0.4) is 0 Å². The fraction of sp³-hybridized carbons (Fsp3) is 0.0435. The van der Waals surface area contributed by atoms with Gasteiger partial charge < -0.3 is 13.9 Å². The lowest BCUT2D eigenvalue weighted by atomic mass is 9.83. The van der Waals surface area contributed by atoms with Gasteiger partial charge in [-0.25, -0.2) is 0 Å². The lowest BCUT2D eigenvalue weighted by Gasteiger charge is -2.27. The second-order valence-corrected chi connectivity index (χ2v) is 12.9. The van der Waals surface area contributed by atoms with Gasteiger partial charge in [0.1, 0.15) is 11.2 Å². The summed E-state index contributed by atoms with van der Waals surface area (Å²) in [7, 11) is 0. The number of allylic oxidation sites excluding steroid dienone is 1. The summed E-state index contributed by atoms with van der Waals surface area (Å²) in [5.41, 5.74) is 12.8. The van der Waals surface area contributed by atoms with Crippen molar-refractivity contribution in [1.29, 1.82) is 0 Å². The molecule has 0 amide bonds. The zero-order valence-electron chi connectivity index (χ0n) is 26.8. The van der Waals surface area contributed by atoms with Crippen LogP contribution in [0.2, 0.25) is 0 Å². The van der Waals surface area contributed by atoms with Crippen molar-refractivity contribution < 1.29 is 4.42 Å². The smallest absolute Gasteiger partial charge is 0.135 e. The van der Waals surface area contributed by atoms with Gasteiger partial charge in [0.25, 0.3) is 0 Å². The minimum absolute atomic E-state index is 0.281. The van der Waals surface area contributed by atoms with Crippen LogP contribution < -0.4 is 4.90 Å². The molecule has 3 nitrogen and oxygen atoms in total. The third kappa shape index (κ3) is 4.51. The van der Waals surface area contributed by atoms with Crippen LogP contribution in [-0.2, 0) is 6.42 Å². The Labute approximate surface area is 284 Å². The molecule has 0 spiro atoms. The Morgan fingerprint density at radius 3 is 2.04 bits per heavy atom. The van der Waals surface area contributed by atoms with Gasteiger partial charge in [-0.1, -0.05) is 109 Å². The summed E-state index contributed by atoms with van der Waals surface area (Å²) >= 11 is 0. The first-order chi connectivity index (χ1) is 24.3. The van der Waals surface area contributed by atoms with E-state index in [9.17, 15) is 0 Å². The van der Waals surface area contributed by atoms with Crippen molar-refractivity contribution in [3.8, 4) is 5.69 Å². The highest BCUT2D eigenvalue weighted by Crippen LogP contribution is 2.42. The van der Waals surface area contributed by atoms with Crippen LogP contribution in [0.25, 0.3) is 55.5 Å². The van der Waals surface area contributed by atoms with Gasteiger partial charge in [-0.15, -0.1) is 0 Å². The van der Waals surface area contributed by atoms with E-state index < -0.39 is 0 Å². The van der Waals surface area contributed by atoms with Crippen molar-refractivity contribution >= 4 is 66.9 Å². The van der Waals surface area contributed by atoms with Crippen molar-refractivity contribution in [2.24, 2.45) is 0 Å². The molecule has 2 heterocycles. The minimum atomic E-state index is 0.281. The number of rotatable bonds is 5. The Bertz CT molecular complexity index is 2680. The van der Waals surface area contributed by atoms with E-state index in [2.05, 4.69) is 179 Å². The average molecular weight is 629 g/mol. The molecular formula is C46H32N2O. The predicted octanol–water partition coefficient (Wildman–Crippen LogP) is 12.5. The second-order valence-electron chi connectivity index (χ2n) is 12.9. The van der Waals surface area contributed by atoms with E-state index in [1.807, 2.05) is 6.07 Å². The molecule has 232 valence electrons. The molecule has 10 rings (SSSR count). The summed E-state index contributed by atoms with van der Waals surface area (Å²) in [6.45, 7) is 0. The van der Waals surface area contributed by atoms with E-state index in [-0.39, 0.29) is 5.92 Å². The van der Waals surface area contributed by atoms with Crippen LogP contribution in [0.4, 0.5) is 17.1 Å². The van der Waals surface area contributed by atoms with Crippen molar-refractivity contribution in [3.63, 3.8) is 0 Å². The summed E-state index contributed by atoms with van der Waals surface area (Å²) < 4.78 is 8.61. The van der Waals surface area contributed by atoms with Gasteiger partial charge in [-0.2, -0.15) is 0 Å². The molecule has 0 saturated heterocycles. The maximum atomic E-state index is 6.23. The number of hydrogen-bond acceptors (Lipinski definition) is 2. The van der Waals surface area contributed by atoms with E-state index in [1.165, 1.54) is 49.3 Å². The number of anilines is 3. The topological polar surface area (TPSA) is 21.3 Å². The molecule has 1 atom stereocenters. The monoisotopic (exact) mass is 628 g/mol. The molecule has 1 aliphatic rings. The molecule has 0 N–H and O–H groups in total. The molecule has 1 aliphatic carbocycles. The normalized spacial score (nSPS) is 14.2. The molecule has 7 aromatic carbocycles. The van der Waals surface area contributed by atoms with Gasteiger partial charge in [0, 0.05) is 50.2 Å². The van der Waals surface area contributed by atoms with Crippen LogP contribution in [-0.4, -0.2) is 4.57 Å². The summed E-state index contributed by atoms with van der Waals surface area (Å²) in [6.07, 6.45) is 5.59. The van der Waals surface area contributed by atoms with Gasteiger partial charge in [0.2, 0.25) is 0 Å². The molecule has 9 aromatic rings. The maximum Gasteiger partial charge on any atom is 0.135 e. The van der Waals surface area contributed by atoms with Crippen molar-refractivity contribution in [2.75, 3.05) is 4.90 Å². The van der Waals surface area contributed by atoms with Crippen molar-refractivity contribution in [1.82, 2.24) is 4.57 Å². The molecule has 49 heavy (non-hydrogen) atoms. The van der Waals surface area contributed by atoms with Gasteiger partial charge in [-0.3, -0.25) is 0 Å². The molecule has 0 aliphatic heterocycles. The Morgan fingerprint density at radius 1 is 0.531 bits per heavy atom. The fourth-order valence-electron chi connectivity index (χ4n) is 7.86. The lowest BCUT2D eigenvalue weighted by Crippen LogP contribution is -2.11. The zero-order chi connectivity index (χ0) is 32.3. The summed E-state index contributed by atoms with van der Waals surface area (Å²) in [6, 6.07) is 58.8. The van der Waals surface area contributed by atoms with Crippen molar-refractivity contribution in [3.05, 3.63) is 187 Å². The largest absolute Gasteiger partial charge is 0.456 e. The average Bonchev–Trinajstić information content (AvgIpc) is 3.72. The number of furan rings is 1. The molecule has 0 bridgehead atoms. The maximum absolute atomic E-state index is 6.23. The standard InChI is InChI=1S/C46H32N2O/c1-3-11-34(12-4-1)47(37-26-27-39-38-15-7-9-17-42(38)48(43(39)30-37)35-13-5-2-6-14-35)36-24-21-31(22-25-36)33-20-19-32-23-28-45-46(41(32)29-33)40-16-8-10-18-44(40)49-45/h1-28,30,33H,29H2. The Morgan fingerprint density at radius 2 is 1.20 bits per heavy atom. The fourth-order valence-corrected chi connectivity index (χ4v) is 7.86. The Balaban J connectivity index is 1.06. The second kappa shape index (κ2) is 11.1. The van der Waals surface area contributed by atoms with E-state index in [1.54, 1.807) is 0 Å². The van der Waals surface area contributed by atoms with Gasteiger partial charge in [0.15, 0.2) is 0 Å². The number of nitrogens with zero attached hydrogens (tertiary/aromatic N) is 2. The minimum Gasteiger partial charge on any atom is -0.456 e. The van der Waals surface area contributed by atoms with Crippen LogP contribution in [0.15, 0.2) is 174 Å². The van der Waals surface area contributed by atoms with E-state index in [0.717, 1.165) is 40.3 Å². The van der Waals surface area contributed by atoms with Gasteiger partial charge >= 0.3 is 0 Å². The van der Waals surface area contributed by atoms with E-state index >= 15 is 0 Å². The third-order valence-electron chi connectivity index (χ3n) is 10.1. The van der Waals surface area contributed by atoms with Gasteiger partial charge in [-0.05, 0) is 89.8 Å². The number of fused-ring (bicyclic) bond motifs is 8. The Kier molecular flexibility index (Phi) is 6.31. The first-order valence-electron chi connectivity index (χ1n) is 17.0. The Hall–Kier alpha value is -6.32. The quantitative estimate of drug-likeness (QED) is 0.189. The zero-order valence-corrected chi connectivity index (χ0v) is 26.8.